The van der Waals surface area contributed by atoms with Crippen LogP contribution in [0.2, 0.25) is 0 Å². The molecule has 120 valence electrons. The van der Waals surface area contributed by atoms with Crippen LogP contribution in [-0.2, 0) is 11.2 Å². The maximum atomic E-state index is 13.8. The second kappa shape index (κ2) is 5.99. The number of hydrogen-bond donors (Lipinski definition) is 1. The smallest absolute Gasteiger partial charge is 0.227 e. The molecule has 1 aliphatic rings. The van der Waals surface area contributed by atoms with Gasteiger partial charge < -0.3 is 10.2 Å². The first-order valence-electron chi connectivity index (χ1n) is 7.57. The van der Waals surface area contributed by atoms with Crippen LogP contribution in [0.3, 0.4) is 0 Å². The Labute approximate surface area is 133 Å². The van der Waals surface area contributed by atoms with Crippen LogP contribution in [0.1, 0.15) is 30.5 Å². The summed E-state index contributed by atoms with van der Waals surface area (Å²) in [6, 6.07) is 8.98. The zero-order valence-corrected chi connectivity index (χ0v) is 13.1. The number of benzene rings is 2. The lowest BCUT2D eigenvalue weighted by atomic mass is 10.0. The van der Waals surface area contributed by atoms with E-state index in [1.807, 2.05) is 18.2 Å². The number of carbonyl (C=O) groups excluding carboxylic acids is 1. The third kappa shape index (κ3) is 2.91. The van der Waals surface area contributed by atoms with Gasteiger partial charge in [-0.15, -0.1) is 0 Å². The Kier molecular flexibility index (Phi) is 4.03. The normalized spacial score (nSPS) is 15.3. The first-order valence-corrected chi connectivity index (χ1v) is 7.57. The van der Waals surface area contributed by atoms with E-state index in [0.29, 0.717) is 12.8 Å². The lowest BCUT2D eigenvalue weighted by molar-refractivity contribution is -0.118. The number of halogens is 2. The molecule has 0 fully saturated rings. The molecule has 0 radical (unpaired) electrons. The van der Waals surface area contributed by atoms with Gasteiger partial charge in [-0.1, -0.05) is 6.07 Å². The van der Waals surface area contributed by atoms with Crippen LogP contribution in [0.4, 0.5) is 20.2 Å². The molecule has 0 saturated heterocycles. The minimum absolute atomic E-state index is 0.0255. The van der Waals surface area contributed by atoms with Crippen molar-refractivity contribution < 1.29 is 13.6 Å². The summed E-state index contributed by atoms with van der Waals surface area (Å²) >= 11 is 0. The summed E-state index contributed by atoms with van der Waals surface area (Å²) in [5, 5.41) is 3.13. The highest BCUT2D eigenvalue weighted by atomic mass is 19.1. The van der Waals surface area contributed by atoms with E-state index in [2.05, 4.69) is 5.32 Å². The summed E-state index contributed by atoms with van der Waals surface area (Å²) in [6.45, 7) is 1.72. The maximum Gasteiger partial charge on any atom is 0.227 e. The number of aryl methyl sites for hydroxylation is 1. The van der Waals surface area contributed by atoms with Gasteiger partial charge in [-0.2, -0.15) is 0 Å². The molecule has 0 spiro atoms. The van der Waals surface area contributed by atoms with Crippen molar-refractivity contribution in [2.24, 2.45) is 0 Å². The maximum absolute atomic E-state index is 13.8. The van der Waals surface area contributed by atoms with E-state index >= 15 is 0 Å². The first kappa shape index (κ1) is 15.5. The van der Waals surface area contributed by atoms with E-state index < -0.39 is 17.7 Å². The quantitative estimate of drug-likeness (QED) is 0.926. The van der Waals surface area contributed by atoms with Crippen LogP contribution in [0.15, 0.2) is 36.4 Å². The molecule has 0 aromatic heterocycles. The molecule has 0 aliphatic carbocycles. The summed E-state index contributed by atoms with van der Waals surface area (Å²) in [5.74, 6) is -1.03. The Morgan fingerprint density at radius 2 is 1.83 bits per heavy atom. The lowest BCUT2D eigenvalue weighted by Gasteiger charge is -2.27. The molecular formula is C18H18F2N2O. The van der Waals surface area contributed by atoms with Crippen LogP contribution in [0, 0.1) is 11.6 Å². The SMILES string of the molecule is C[C@@H](Nc1ccc2c(c1)CCC(=O)N2C)c1c(F)cccc1F. The van der Waals surface area contributed by atoms with Gasteiger partial charge in [-0.25, -0.2) is 8.78 Å². The minimum atomic E-state index is -0.562. The highest BCUT2D eigenvalue weighted by molar-refractivity contribution is 5.96. The third-order valence-electron chi connectivity index (χ3n) is 4.24. The monoisotopic (exact) mass is 316 g/mol. The van der Waals surface area contributed by atoms with Crippen molar-refractivity contribution in [3.05, 3.63) is 59.2 Å². The summed E-state index contributed by atoms with van der Waals surface area (Å²) in [7, 11) is 1.75. The molecule has 23 heavy (non-hydrogen) atoms. The second-order valence-electron chi connectivity index (χ2n) is 5.80. The van der Waals surface area contributed by atoms with Crippen LogP contribution in [0.5, 0.6) is 0 Å². The Bertz CT molecular complexity index is 740. The molecule has 1 aliphatic heterocycles. The molecule has 2 aromatic rings. The molecular weight excluding hydrogens is 298 g/mol. The molecule has 1 N–H and O–H groups in total. The van der Waals surface area contributed by atoms with Crippen molar-refractivity contribution in [1.82, 2.24) is 0 Å². The van der Waals surface area contributed by atoms with Gasteiger partial charge in [0.1, 0.15) is 11.6 Å². The fourth-order valence-corrected chi connectivity index (χ4v) is 2.99. The van der Waals surface area contributed by atoms with E-state index in [0.717, 1.165) is 16.9 Å². The fraction of sp³-hybridized carbons (Fsp3) is 0.278. The van der Waals surface area contributed by atoms with Gasteiger partial charge in [0.15, 0.2) is 0 Å². The van der Waals surface area contributed by atoms with Crippen LogP contribution in [0.25, 0.3) is 0 Å². The number of nitrogens with zero attached hydrogens (tertiary/aromatic N) is 1. The molecule has 3 rings (SSSR count). The molecule has 1 atom stereocenters. The number of anilines is 2. The zero-order valence-electron chi connectivity index (χ0n) is 13.1. The van der Waals surface area contributed by atoms with Crippen molar-refractivity contribution in [3.63, 3.8) is 0 Å². The first-order chi connectivity index (χ1) is 11.0. The standard InChI is InChI=1S/C18H18F2N2O/c1-11(18-14(19)4-3-5-15(18)20)21-13-7-8-16-12(10-13)6-9-17(23)22(16)2/h3-5,7-8,10-11,21H,6,9H2,1-2H3/t11-/m1/s1. The van der Waals surface area contributed by atoms with Gasteiger partial charge in [0.05, 0.1) is 6.04 Å². The molecule has 1 heterocycles. The Morgan fingerprint density at radius 3 is 2.52 bits per heavy atom. The average Bonchev–Trinajstić information content (AvgIpc) is 2.51. The molecule has 5 heteroatoms. The highest BCUT2D eigenvalue weighted by Gasteiger charge is 2.21. The van der Waals surface area contributed by atoms with Gasteiger partial charge >= 0.3 is 0 Å². The molecule has 3 nitrogen and oxygen atoms in total. The van der Waals surface area contributed by atoms with Crippen molar-refractivity contribution in [1.29, 1.82) is 0 Å². The number of nitrogens with one attached hydrogen (secondary N) is 1. The topological polar surface area (TPSA) is 32.3 Å². The van der Waals surface area contributed by atoms with E-state index in [4.69, 9.17) is 0 Å². The Hall–Kier alpha value is -2.43. The molecule has 0 saturated carbocycles. The van der Waals surface area contributed by atoms with Crippen LogP contribution < -0.4 is 10.2 Å². The number of hydrogen-bond acceptors (Lipinski definition) is 2. The number of carbonyl (C=O) groups is 1. The second-order valence-corrected chi connectivity index (χ2v) is 5.80. The van der Waals surface area contributed by atoms with E-state index in [9.17, 15) is 13.6 Å². The summed E-state index contributed by atoms with van der Waals surface area (Å²) in [6.07, 6.45) is 1.15. The Morgan fingerprint density at radius 1 is 1.13 bits per heavy atom. The zero-order chi connectivity index (χ0) is 16.6. The van der Waals surface area contributed by atoms with E-state index in [1.165, 1.54) is 18.2 Å². The van der Waals surface area contributed by atoms with Crippen molar-refractivity contribution in [3.8, 4) is 0 Å². The van der Waals surface area contributed by atoms with Gasteiger partial charge in [0, 0.05) is 30.4 Å². The average molecular weight is 316 g/mol. The minimum Gasteiger partial charge on any atom is -0.378 e. The summed E-state index contributed by atoms with van der Waals surface area (Å²) in [5.41, 5.74) is 2.74. The lowest BCUT2D eigenvalue weighted by Crippen LogP contribution is -2.31. The summed E-state index contributed by atoms with van der Waals surface area (Å²) in [4.78, 5) is 13.3. The van der Waals surface area contributed by atoms with Gasteiger partial charge in [-0.05, 0) is 49.2 Å². The predicted octanol–water partition coefficient (Wildman–Crippen LogP) is 4.05. The summed E-state index contributed by atoms with van der Waals surface area (Å²) < 4.78 is 27.7. The van der Waals surface area contributed by atoms with Crippen molar-refractivity contribution in [2.75, 3.05) is 17.3 Å². The van der Waals surface area contributed by atoms with Gasteiger partial charge in [0.2, 0.25) is 5.91 Å². The third-order valence-corrected chi connectivity index (χ3v) is 4.24. The molecule has 0 unspecified atom stereocenters. The van der Waals surface area contributed by atoms with Gasteiger partial charge in [0.25, 0.3) is 0 Å². The van der Waals surface area contributed by atoms with Crippen LogP contribution >= 0.6 is 0 Å². The predicted molar refractivity (Wildman–Crippen MR) is 86.6 cm³/mol. The largest absolute Gasteiger partial charge is 0.378 e. The Balaban J connectivity index is 1.85. The highest BCUT2D eigenvalue weighted by Crippen LogP contribution is 2.31. The van der Waals surface area contributed by atoms with Gasteiger partial charge in [-0.3, -0.25) is 4.79 Å². The fourth-order valence-electron chi connectivity index (χ4n) is 2.99. The van der Waals surface area contributed by atoms with Crippen molar-refractivity contribution >= 4 is 17.3 Å². The molecule has 1 amide bonds. The van der Waals surface area contributed by atoms with Crippen LogP contribution in [-0.4, -0.2) is 13.0 Å². The molecule has 2 aromatic carbocycles. The van der Waals surface area contributed by atoms with E-state index in [1.54, 1.807) is 18.9 Å². The van der Waals surface area contributed by atoms with Crippen molar-refractivity contribution in [2.45, 2.75) is 25.8 Å². The number of fused-ring (bicyclic) bond motifs is 1. The number of rotatable bonds is 3. The number of amides is 1. The molecule has 0 bridgehead atoms. The van der Waals surface area contributed by atoms with E-state index in [-0.39, 0.29) is 11.5 Å².